The van der Waals surface area contributed by atoms with E-state index < -0.39 is 15.8 Å². The van der Waals surface area contributed by atoms with Crippen molar-refractivity contribution in [2.45, 2.75) is 0 Å². The van der Waals surface area contributed by atoms with Crippen LogP contribution in [-0.2, 0) is 31.9 Å². The van der Waals surface area contributed by atoms with E-state index in [4.69, 9.17) is 43.4 Å². The molecule has 0 N–H and O–H groups in total. The van der Waals surface area contributed by atoms with Crippen molar-refractivity contribution in [1.29, 1.82) is 5.26 Å². The number of hydrogen-bond acceptors (Lipinski definition) is 1. The Morgan fingerprint density at radius 2 is 0.462 bits per heavy atom. The minimum absolute atomic E-state index is 0.106. The molecule has 7 aromatic carbocycles. The molecule has 0 aliphatic rings. The molecule has 0 aromatic heterocycles. The molecular formula is C43H35Cl4NP2Pd2. The van der Waals surface area contributed by atoms with E-state index in [1.807, 2.05) is 24.3 Å². The van der Waals surface area contributed by atoms with Crippen molar-refractivity contribution in [1.82, 2.24) is 0 Å². The Hall–Kier alpha value is -2.63. The zero-order valence-electron chi connectivity index (χ0n) is 27.7. The molecule has 0 saturated carbocycles. The third-order valence-corrected chi connectivity index (χ3v) is 11.9. The summed E-state index contributed by atoms with van der Waals surface area (Å²) >= 11 is -0.211. The van der Waals surface area contributed by atoms with Crippen LogP contribution in [0, 0.1) is 11.3 Å². The van der Waals surface area contributed by atoms with E-state index in [-0.39, 0.29) is 31.9 Å². The predicted molar refractivity (Wildman–Crippen MR) is 225 cm³/mol. The fourth-order valence-corrected chi connectivity index (χ4v) is 9.48. The third-order valence-electron chi connectivity index (χ3n) is 6.99. The molecule has 0 fully saturated rings. The Bertz CT molecular complexity index is 1620. The van der Waals surface area contributed by atoms with Gasteiger partial charge in [0.2, 0.25) is 0 Å². The molecule has 0 radical (unpaired) electrons. The number of nitrogens with zero attached hydrogens (tertiary/aromatic N) is 1. The van der Waals surface area contributed by atoms with Gasteiger partial charge < -0.3 is 0 Å². The van der Waals surface area contributed by atoms with Crippen molar-refractivity contribution in [2.75, 3.05) is 0 Å². The second-order valence-corrected chi connectivity index (χ2v) is 19.4. The number of nitriles is 1. The third kappa shape index (κ3) is 16.2. The second-order valence-electron chi connectivity index (χ2n) is 10.3. The summed E-state index contributed by atoms with van der Waals surface area (Å²) in [7, 11) is 18.4. The summed E-state index contributed by atoms with van der Waals surface area (Å²) < 4.78 is 0. The topological polar surface area (TPSA) is 23.8 Å². The van der Waals surface area contributed by atoms with Crippen LogP contribution < -0.4 is 31.8 Å². The SMILES string of the molecule is N#Cc1ccccc1.[Cl][Pd][Cl].[Cl][Pd][Cl].c1ccc(P(c2ccccc2)c2ccccc2)cc1.c1ccc(P(c2ccccc2)c2ccccc2)cc1. The van der Waals surface area contributed by atoms with Gasteiger partial charge in [-0.3, -0.25) is 0 Å². The van der Waals surface area contributed by atoms with Crippen molar-refractivity contribution in [3.63, 3.8) is 0 Å². The summed E-state index contributed by atoms with van der Waals surface area (Å²) in [6.07, 6.45) is 0. The summed E-state index contributed by atoms with van der Waals surface area (Å²) in [4.78, 5) is 0. The van der Waals surface area contributed by atoms with Crippen LogP contribution in [0.4, 0.5) is 0 Å². The van der Waals surface area contributed by atoms with E-state index in [9.17, 15) is 0 Å². The van der Waals surface area contributed by atoms with Gasteiger partial charge in [0.15, 0.2) is 0 Å². The van der Waals surface area contributed by atoms with Gasteiger partial charge in [-0.2, -0.15) is 5.26 Å². The van der Waals surface area contributed by atoms with Crippen LogP contribution in [0.25, 0.3) is 0 Å². The standard InChI is InChI=1S/2C18H15P.C7H5N.4ClH.2Pd/c2*1-4-10-16(11-5-1)19(17-12-6-2-7-13-17)18-14-8-3-9-15-18;8-6-7-4-2-1-3-5-7;;;;;;/h2*1-15H;1-5H;4*1H;;/q;;;;;;;2*+2/p-4. The van der Waals surface area contributed by atoms with Gasteiger partial charge in [0.1, 0.15) is 0 Å². The van der Waals surface area contributed by atoms with Crippen molar-refractivity contribution >= 4 is 85.8 Å². The summed E-state index contributed by atoms with van der Waals surface area (Å²) in [5.74, 6) is 0. The van der Waals surface area contributed by atoms with Crippen LogP contribution in [-0.4, -0.2) is 0 Å². The largest absolute Gasteiger partial charge is 0.0622 e. The van der Waals surface area contributed by atoms with E-state index in [2.05, 4.69) is 182 Å². The molecule has 270 valence electrons. The molecule has 0 unspecified atom stereocenters. The summed E-state index contributed by atoms with van der Waals surface area (Å²) in [5.41, 5.74) is 0.715. The molecule has 0 saturated heterocycles. The Kier molecular flexibility index (Phi) is 23.5. The maximum Gasteiger partial charge on any atom is -0.0134 e. The molecule has 0 spiro atoms. The fraction of sp³-hybridized carbons (Fsp3) is 0. The molecule has 0 bridgehead atoms. The first-order valence-corrected chi connectivity index (χ1v) is 26.4. The van der Waals surface area contributed by atoms with Crippen molar-refractivity contribution < 1.29 is 31.9 Å². The first kappa shape index (κ1) is 43.8. The molecule has 1 nitrogen and oxygen atoms in total. The summed E-state index contributed by atoms with van der Waals surface area (Å²) in [6.45, 7) is 0. The smallest absolute Gasteiger partial charge is 0.0134 e. The first-order valence-electron chi connectivity index (χ1n) is 15.7. The predicted octanol–water partition coefficient (Wildman–Crippen LogP) is 11.2. The molecule has 7 aromatic rings. The van der Waals surface area contributed by atoms with Gasteiger partial charge in [-0.05, 0) is 59.8 Å². The normalized spacial score (nSPS) is 9.79. The van der Waals surface area contributed by atoms with Gasteiger partial charge in [-0.15, -0.1) is 0 Å². The molecule has 0 heterocycles. The number of rotatable bonds is 6. The zero-order valence-corrected chi connectivity index (χ0v) is 35.6. The van der Waals surface area contributed by atoms with Gasteiger partial charge in [-0.1, -0.05) is 200 Å². The molecule has 0 amide bonds. The number of hydrogen-bond donors (Lipinski definition) is 0. The maximum absolute atomic E-state index is 8.29. The molecule has 0 aliphatic carbocycles. The number of benzene rings is 7. The van der Waals surface area contributed by atoms with Gasteiger partial charge in [-0.25, -0.2) is 0 Å². The molecule has 0 atom stereocenters. The Morgan fingerprint density at radius 3 is 0.596 bits per heavy atom. The van der Waals surface area contributed by atoms with E-state index in [0.29, 0.717) is 5.56 Å². The van der Waals surface area contributed by atoms with Crippen LogP contribution in [0.2, 0.25) is 0 Å². The van der Waals surface area contributed by atoms with Gasteiger partial charge in [0.05, 0.1) is 11.6 Å². The Balaban J connectivity index is 0.000000207. The van der Waals surface area contributed by atoms with E-state index in [0.717, 1.165) is 0 Å². The van der Waals surface area contributed by atoms with E-state index in [1.54, 1.807) is 12.1 Å². The van der Waals surface area contributed by atoms with Crippen molar-refractivity contribution in [3.05, 3.63) is 218 Å². The fourth-order valence-electron chi connectivity index (χ4n) is 4.87. The van der Waals surface area contributed by atoms with Crippen LogP contribution >= 0.6 is 54.0 Å². The quantitative estimate of drug-likeness (QED) is 0.120. The monoisotopic (exact) mass is 979 g/mol. The Labute approximate surface area is 343 Å². The minimum atomic E-state index is -0.446. The van der Waals surface area contributed by atoms with Gasteiger partial charge in [0.25, 0.3) is 0 Å². The van der Waals surface area contributed by atoms with Crippen LogP contribution in [0.15, 0.2) is 212 Å². The van der Waals surface area contributed by atoms with Crippen LogP contribution in [0.5, 0.6) is 0 Å². The molecule has 0 aliphatic heterocycles. The zero-order chi connectivity index (χ0) is 37.1. The van der Waals surface area contributed by atoms with E-state index >= 15 is 0 Å². The average molecular weight is 982 g/mol. The molecular weight excluding hydrogens is 947 g/mol. The van der Waals surface area contributed by atoms with Gasteiger partial charge >= 0.3 is 70.0 Å². The first-order chi connectivity index (χ1) is 25.7. The summed E-state index contributed by atoms with van der Waals surface area (Å²) in [5, 5.41) is 16.7. The minimum Gasteiger partial charge on any atom is -0.0622 e. The Morgan fingerprint density at radius 1 is 0.308 bits per heavy atom. The van der Waals surface area contributed by atoms with Crippen molar-refractivity contribution in [2.24, 2.45) is 0 Å². The van der Waals surface area contributed by atoms with Crippen molar-refractivity contribution in [3.8, 4) is 6.07 Å². The van der Waals surface area contributed by atoms with Crippen LogP contribution in [0.1, 0.15) is 5.56 Å². The maximum atomic E-state index is 8.29. The summed E-state index contributed by atoms with van der Waals surface area (Å²) in [6, 6.07) is 75.8. The number of halogens is 4. The second kappa shape index (κ2) is 27.9. The van der Waals surface area contributed by atoms with Crippen LogP contribution in [0.3, 0.4) is 0 Å². The molecule has 52 heavy (non-hydrogen) atoms. The molecule has 9 heteroatoms. The molecule has 7 rings (SSSR count). The van der Waals surface area contributed by atoms with Gasteiger partial charge in [0, 0.05) is 0 Å². The van der Waals surface area contributed by atoms with E-state index in [1.165, 1.54) is 31.8 Å². The average Bonchev–Trinajstić information content (AvgIpc) is 3.22.